The van der Waals surface area contributed by atoms with E-state index in [9.17, 15) is 9.59 Å². The fraction of sp³-hybridized carbons (Fsp3) is 0.517. The van der Waals surface area contributed by atoms with Crippen LogP contribution in [0.5, 0.6) is 0 Å². The number of amides is 2. The molecule has 1 unspecified atom stereocenters. The van der Waals surface area contributed by atoms with E-state index in [1.165, 1.54) is 5.56 Å². The molecule has 0 saturated carbocycles. The van der Waals surface area contributed by atoms with Gasteiger partial charge in [-0.15, -0.1) is 0 Å². The molecular formula is C29H38BrN3O3. The van der Waals surface area contributed by atoms with Gasteiger partial charge in [-0.05, 0) is 82.8 Å². The molecule has 2 aliphatic rings. The van der Waals surface area contributed by atoms with Gasteiger partial charge in [-0.3, -0.25) is 4.79 Å². The number of carbonyl (C=O) groups is 2. The van der Waals surface area contributed by atoms with Gasteiger partial charge in [0.25, 0.3) is 0 Å². The zero-order valence-corrected chi connectivity index (χ0v) is 23.2. The Morgan fingerprint density at radius 2 is 1.67 bits per heavy atom. The van der Waals surface area contributed by atoms with Crippen molar-refractivity contribution in [3.63, 3.8) is 0 Å². The van der Waals surface area contributed by atoms with Crippen LogP contribution in [0.4, 0.5) is 4.79 Å². The summed E-state index contributed by atoms with van der Waals surface area (Å²) < 4.78 is 6.56. The molecule has 2 aromatic carbocycles. The summed E-state index contributed by atoms with van der Waals surface area (Å²) in [5, 5.41) is 3.07. The lowest BCUT2D eigenvalue weighted by atomic mass is 9.77. The lowest BCUT2D eigenvalue weighted by molar-refractivity contribution is -0.138. The van der Waals surface area contributed by atoms with E-state index in [4.69, 9.17) is 4.74 Å². The molecule has 0 radical (unpaired) electrons. The number of piperidine rings is 1. The minimum absolute atomic E-state index is 0.119. The number of hydrogen-bond donors (Lipinski definition) is 1. The highest BCUT2D eigenvalue weighted by atomic mass is 79.9. The number of rotatable bonds is 7. The first-order chi connectivity index (χ1) is 17.1. The molecule has 2 heterocycles. The molecule has 2 amide bonds. The normalized spacial score (nSPS) is 18.9. The van der Waals surface area contributed by atoms with Gasteiger partial charge in [-0.1, -0.05) is 58.4 Å². The van der Waals surface area contributed by atoms with E-state index in [-0.39, 0.29) is 11.5 Å². The summed E-state index contributed by atoms with van der Waals surface area (Å²) in [6.07, 6.45) is 3.15. The predicted octanol–water partition coefficient (Wildman–Crippen LogP) is 5.92. The Hall–Kier alpha value is -2.38. The van der Waals surface area contributed by atoms with Gasteiger partial charge in [-0.2, -0.15) is 0 Å². The molecule has 0 bridgehead atoms. The van der Waals surface area contributed by atoms with Crippen molar-refractivity contribution >= 4 is 27.9 Å². The van der Waals surface area contributed by atoms with Gasteiger partial charge in [0.2, 0.25) is 5.91 Å². The number of carbonyl (C=O) groups excluding carboxylic acids is 2. The van der Waals surface area contributed by atoms with Crippen LogP contribution in [-0.2, 0) is 16.1 Å². The third kappa shape index (κ3) is 6.88. The number of benzene rings is 2. The second-order valence-corrected chi connectivity index (χ2v) is 12.0. The smallest absolute Gasteiger partial charge is 0.408 e. The SMILES string of the molecule is CC(C)(C)OC(=O)NC(CCN1CCC2(CC1)CCN(Cc1ccc(Br)cc1)C2=O)c1ccccc1. The van der Waals surface area contributed by atoms with E-state index >= 15 is 0 Å². The minimum Gasteiger partial charge on any atom is -0.444 e. The summed E-state index contributed by atoms with van der Waals surface area (Å²) in [6.45, 7) is 9.82. The predicted molar refractivity (Wildman–Crippen MR) is 145 cm³/mol. The fourth-order valence-electron chi connectivity index (χ4n) is 5.29. The average Bonchev–Trinajstić information content (AvgIpc) is 3.13. The van der Waals surface area contributed by atoms with Gasteiger partial charge < -0.3 is 19.9 Å². The Bertz CT molecular complexity index is 1030. The van der Waals surface area contributed by atoms with Gasteiger partial charge in [0, 0.05) is 24.1 Å². The lowest BCUT2D eigenvalue weighted by Crippen LogP contribution is -2.45. The second kappa shape index (κ2) is 11.3. The van der Waals surface area contributed by atoms with Gasteiger partial charge >= 0.3 is 6.09 Å². The van der Waals surface area contributed by atoms with E-state index < -0.39 is 11.7 Å². The monoisotopic (exact) mass is 555 g/mol. The van der Waals surface area contributed by atoms with E-state index in [0.29, 0.717) is 12.5 Å². The maximum atomic E-state index is 13.4. The lowest BCUT2D eigenvalue weighted by Gasteiger charge is -2.38. The molecule has 194 valence electrons. The molecule has 7 heteroatoms. The quantitative estimate of drug-likeness (QED) is 0.460. The van der Waals surface area contributed by atoms with Crippen LogP contribution in [0.25, 0.3) is 0 Å². The van der Waals surface area contributed by atoms with Gasteiger partial charge in [0.15, 0.2) is 0 Å². The van der Waals surface area contributed by atoms with Crippen LogP contribution in [0.15, 0.2) is 59.1 Å². The zero-order chi connectivity index (χ0) is 25.8. The molecular weight excluding hydrogens is 518 g/mol. The summed E-state index contributed by atoms with van der Waals surface area (Å²) in [5.74, 6) is 0.318. The molecule has 2 saturated heterocycles. The number of halogens is 1. The van der Waals surface area contributed by atoms with Crippen molar-refractivity contribution in [3.8, 4) is 0 Å². The first-order valence-corrected chi connectivity index (χ1v) is 13.7. The van der Waals surface area contributed by atoms with Gasteiger partial charge in [0.05, 0.1) is 11.5 Å². The van der Waals surface area contributed by atoms with Crippen molar-refractivity contribution in [1.29, 1.82) is 0 Å². The van der Waals surface area contributed by atoms with Crippen molar-refractivity contribution in [2.24, 2.45) is 5.41 Å². The Labute approximate surface area is 223 Å². The van der Waals surface area contributed by atoms with Crippen LogP contribution in [-0.4, -0.2) is 53.6 Å². The third-order valence-corrected chi connectivity index (χ3v) is 7.86. The topological polar surface area (TPSA) is 61.9 Å². The molecule has 36 heavy (non-hydrogen) atoms. The number of alkyl carbamates (subject to hydrolysis) is 1. The number of nitrogens with zero attached hydrogens (tertiary/aromatic N) is 2. The van der Waals surface area contributed by atoms with E-state index in [2.05, 4.69) is 38.3 Å². The number of likely N-dealkylation sites (tertiary alicyclic amines) is 2. The number of ether oxygens (including phenoxy) is 1. The molecule has 0 aliphatic carbocycles. The standard InChI is InChI=1S/C29H38BrN3O3/c1-28(2,3)36-27(35)31-25(23-7-5-4-6-8-23)13-17-32-18-14-29(15-19-32)16-20-33(26(29)34)21-22-9-11-24(30)12-10-22/h4-12,25H,13-21H2,1-3H3,(H,31,35). The Balaban J connectivity index is 1.30. The number of nitrogens with one attached hydrogen (secondary N) is 1. The minimum atomic E-state index is -0.536. The van der Waals surface area contributed by atoms with Crippen molar-refractivity contribution in [2.75, 3.05) is 26.2 Å². The summed E-state index contributed by atoms with van der Waals surface area (Å²) in [7, 11) is 0. The van der Waals surface area contributed by atoms with Crippen LogP contribution in [0.1, 0.15) is 63.6 Å². The second-order valence-electron chi connectivity index (χ2n) is 11.1. The summed E-state index contributed by atoms with van der Waals surface area (Å²) in [4.78, 5) is 30.3. The third-order valence-electron chi connectivity index (χ3n) is 7.33. The van der Waals surface area contributed by atoms with Crippen molar-refractivity contribution in [1.82, 2.24) is 15.1 Å². The molecule has 0 aromatic heterocycles. The highest BCUT2D eigenvalue weighted by molar-refractivity contribution is 9.10. The highest BCUT2D eigenvalue weighted by Gasteiger charge is 2.47. The fourth-order valence-corrected chi connectivity index (χ4v) is 5.56. The van der Waals surface area contributed by atoms with Crippen LogP contribution in [0, 0.1) is 5.41 Å². The summed E-state index contributed by atoms with van der Waals surface area (Å²) in [6, 6.07) is 18.2. The van der Waals surface area contributed by atoms with Crippen LogP contribution in [0.3, 0.4) is 0 Å². The van der Waals surface area contributed by atoms with Gasteiger partial charge in [-0.25, -0.2) is 4.79 Å². The summed E-state index contributed by atoms with van der Waals surface area (Å²) in [5.41, 5.74) is 1.50. The number of hydrogen-bond acceptors (Lipinski definition) is 4. The zero-order valence-electron chi connectivity index (χ0n) is 21.6. The molecule has 1 atom stereocenters. The largest absolute Gasteiger partial charge is 0.444 e. The molecule has 2 aromatic rings. The van der Waals surface area contributed by atoms with Crippen LogP contribution >= 0.6 is 15.9 Å². The van der Waals surface area contributed by atoms with Crippen molar-refractivity contribution < 1.29 is 14.3 Å². The molecule has 6 nitrogen and oxygen atoms in total. The Kier molecular flexibility index (Phi) is 8.41. The van der Waals surface area contributed by atoms with Gasteiger partial charge in [0.1, 0.15) is 5.60 Å². The molecule has 4 rings (SSSR count). The highest BCUT2D eigenvalue weighted by Crippen LogP contribution is 2.42. The molecule has 1 spiro atoms. The molecule has 2 fully saturated rings. The maximum Gasteiger partial charge on any atom is 0.408 e. The van der Waals surface area contributed by atoms with Crippen molar-refractivity contribution in [2.45, 2.75) is 64.6 Å². The molecule has 2 aliphatic heterocycles. The van der Waals surface area contributed by atoms with E-state index in [1.54, 1.807) is 0 Å². The Morgan fingerprint density at radius 3 is 2.31 bits per heavy atom. The van der Waals surface area contributed by atoms with Crippen LogP contribution < -0.4 is 5.32 Å². The Morgan fingerprint density at radius 1 is 1.03 bits per heavy atom. The first-order valence-electron chi connectivity index (χ1n) is 12.9. The average molecular weight is 557 g/mol. The maximum absolute atomic E-state index is 13.4. The summed E-state index contributed by atoms with van der Waals surface area (Å²) >= 11 is 3.48. The van der Waals surface area contributed by atoms with Crippen molar-refractivity contribution in [3.05, 3.63) is 70.2 Å². The van der Waals surface area contributed by atoms with E-state index in [1.807, 2.05) is 68.1 Å². The first kappa shape index (κ1) is 26.7. The van der Waals surface area contributed by atoms with E-state index in [0.717, 1.165) is 61.9 Å². The molecule has 1 N–H and O–H groups in total. The van der Waals surface area contributed by atoms with Crippen LogP contribution in [0.2, 0.25) is 0 Å².